The minimum absolute atomic E-state index is 0. The zero-order valence-electron chi connectivity index (χ0n) is 25.6. The molecular weight excluding hydrogens is 882 g/mol. The summed E-state index contributed by atoms with van der Waals surface area (Å²) in [6, 6.07) is 64.7. The van der Waals surface area contributed by atoms with Crippen molar-refractivity contribution in [1.29, 1.82) is 0 Å². The van der Waals surface area contributed by atoms with E-state index < -0.39 is 36.6 Å². The van der Waals surface area contributed by atoms with Crippen LogP contribution in [-0.2, 0) is 41.9 Å². The van der Waals surface area contributed by atoms with Crippen molar-refractivity contribution in [2.45, 2.75) is 0 Å². The summed E-state index contributed by atoms with van der Waals surface area (Å²) >= 11 is 0. The summed E-state index contributed by atoms with van der Waals surface area (Å²) in [6.45, 7) is 0. The molecule has 0 bridgehead atoms. The van der Waals surface area contributed by atoms with Crippen LogP contribution in [0.1, 0.15) is 0 Å². The Kier molecular flexibility index (Phi) is 18.5. The second-order valence-corrected chi connectivity index (χ2v) is 15.6. The first-order valence-electron chi connectivity index (χ1n) is 14.1. The van der Waals surface area contributed by atoms with E-state index in [1.807, 2.05) is 0 Å². The van der Waals surface area contributed by atoms with Gasteiger partial charge in [-0.2, -0.15) is 0 Å². The number of benzene rings is 6. The molecule has 0 aromatic heterocycles. The summed E-state index contributed by atoms with van der Waals surface area (Å²) in [5, 5.41) is 8.39. The normalized spacial score (nSPS) is 10.6. The molecule has 0 saturated carbocycles. The first kappa shape index (κ1) is 41.8. The van der Waals surface area contributed by atoms with Gasteiger partial charge >= 0.3 is 21.1 Å². The molecule has 0 unspecified atom stereocenters. The largest absolute Gasteiger partial charge is 4.00 e. The molecule has 0 aliphatic rings. The fourth-order valence-corrected chi connectivity index (χ4v) is 8.97. The molecule has 8 nitrogen and oxygen atoms in total. The second-order valence-electron chi connectivity index (χ2n) is 9.50. The van der Waals surface area contributed by atoms with Crippen molar-refractivity contribution < 1.29 is 56.1 Å². The van der Waals surface area contributed by atoms with Gasteiger partial charge in [0.1, 0.15) is 0 Å². The Morgan fingerprint density at radius 2 is 0.388 bits per heavy atom. The molecule has 49 heavy (non-hydrogen) atoms. The minimum atomic E-state index is -5.17. The van der Waals surface area contributed by atoms with Crippen molar-refractivity contribution in [3.05, 3.63) is 182 Å². The molecule has 13 heteroatoms. The quantitative estimate of drug-likeness (QED) is 0.137. The van der Waals surface area contributed by atoms with E-state index in [-0.39, 0.29) is 21.1 Å². The predicted molar refractivity (Wildman–Crippen MR) is 191 cm³/mol. The van der Waals surface area contributed by atoms with Gasteiger partial charge in [0, 0.05) is 20.8 Å². The summed E-state index contributed by atoms with van der Waals surface area (Å²) < 4.78 is 68.2. The molecule has 0 aliphatic carbocycles. The van der Waals surface area contributed by atoms with Crippen molar-refractivity contribution in [2.75, 3.05) is 0 Å². The van der Waals surface area contributed by atoms with Gasteiger partial charge in [0.15, 0.2) is 0 Å². The van der Waals surface area contributed by atoms with E-state index in [9.17, 15) is 0 Å². The molecule has 0 fully saturated rings. The van der Waals surface area contributed by atoms with Crippen LogP contribution in [0.3, 0.4) is 0 Å². The smallest absolute Gasteiger partial charge is 0.759 e. The Morgan fingerprint density at radius 3 is 0.490 bits per heavy atom. The molecule has 0 N–H and O–H groups in total. The van der Waals surface area contributed by atoms with E-state index in [0.717, 1.165) is 0 Å². The second kappa shape index (κ2) is 21.6. The Hall–Kier alpha value is -3.39. The Labute approximate surface area is 304 Å². The van der Waals surface area contributed by atoms with Crippen LogP contribution in [0.5, 0.6) is 0 Å². The molecule has 0 heterocycles. The first-order valence-corrected chi connectivity index (χ1v) is 19.5. The van der Waals surface area contributed by atoms with E-state index in [2.05, 4.69) is 182 Å². The molecule has 0 atom stereocenters. The first-order chi connectivity index (χ1) is 22.9. The number of hydrogen-bond acceptors (Lipinski definition) is 8. The average molecular weight is 912 g/mol. The number of hydrogen-bond donors (Lipinski definition) is 0. The van der Waals surface area contributed by atoms with E-state index in [1.165, 1.54) is 31.8 Å². The Balaban J connectivity index is 0.000000264. The van der Waals surface area contributed by atoms with Gasteiger partial charge in [0.25, 0.3) is 0 Å². The van der Waals surface area contributed by atoms with Crippen molar-refractivity contribution in [1.82, 2.24) is 0 Å². The maximum absolute atomic E-state index is 8.52. The van der Waals surface area contributed by atoms with Crippen molar-refractivity contribution in [3.8, 4) is 0 Å². The van der Waals surface area contributed by atoms with Crippen LogP contribution in [0.25, 0.3) is 0 Å². The van der Waals surface area contributed by atoms with Crippen molar-refractivity contribution in [3.63, 3.8) is 0 Å². The molecule has 6 aromatic rings. The fourth-order valence-electron chi connectivity index (χ4n) is 4.36. The van der Waals surface area contributed by atoms with Gasteiger partial charge < -0.3 is 18.2 Å². The molecule has 0 aliphatic heterocycles. The molecule has 6 rings (SSSR count). The van der Waals surface area contributed by atoms with Crippen molar-refractivity contribution >= 4 is 68.5 Å². The monoisotopic (exact) mass is 911 g/mol. The predicted octanol–water partition coefficient (Wildman–Crippen LogP) is 4.21. The zero-order valence-corrected chi connectivity index (χ0v) is 31.3. The third-order valence-electron chi connectivity index (χ3n) is 6.09. The molecule has 0 saturated heterocycles. The van der Waals surface area contributed by atoms with Gasteiger partial charge in [-0.15, -0.1) is 0 Å². The minimum Gasteiger partial charge on any atom is -0.759 e. The van der Waals surface area contributed by atoms with Crippen molar-refractivity contribution in [2.24, 2.45) is 0 Å². The van der Waals surface area contributed by atoms with E-state index in [1.54, 1.807) is 0 Å². The average Bonchev–Trinajstić information content (AvgIpc) is 3.07. The fraction of sp³-hybridized carbons (Fsp3) is 0. The third-order valence-corrected chi connectivity index (χ3v) is 11.0. The van der Waals surface area contributed by atoms with E-state index in [0.29, 0.717) is 0 Å². The van der Waals surface area contributed by atoms with E-state index in [4.69, 9.17) is 35.0 Å². The van der Waals surface area contributed by atoms with Gasteiger partial charge in [-0.3, -0.25) is 16.8 Å². The summed E-state index contributed by atoms with van der Waals surface area (Å²) in [5.41, 5.74) is 0. The standard InChI is InChI=1S/2C18H15P.2H2O4S.Pt/c2*1-4-10-16(11-5-1)19(17-12-6-2-7-13-17)18-14-8-3-9-15-18;2*1-5(2,3)4;/h2*1-15H;2*(H2,1,2,3,4);/q;;;;+4/p-4. The molecule has 0 spiro atoms. The van der Waals surface area contributed by atoms with Gasteiger partial charge in [0.2, 0.25) is 0 Å². The van der Waals surface area contributed by atoms with Gasteiger partial charge in [-0.1, -0.05) is 182 Å². The number of rotatable bonds is 6. The maximum atomic E-state index is 8.52. The van der Waals surface area contributed by atoms with Gasteiger partial charge in [-0.05, 0) is 47.7 Å². The summed E-state index contributed by atoms with van der Waals surface area (Å²) in [4.78, 5) is 0. The molecule has 254 valence electrons. The molecule has 6 aromatic carbocycles. The summed E-state index contributed by atoms with van der Waals surface area (Å²) in [5.74, 6) is 0. The van der Waals surface area contributed by atoms with Crippen LogP contribution < -0.4 is 31.8 Å². The van der Waals surface area contributed by atoms with Crippen LogP contribution in [-0.4, -0.2) is 35.0 Å². The molecule has 0 radical (unpaired) electrons. The van der Waals surface area contributed by atoms with Crippen LogP contribution in [0.4, 0.5) is 0 Å². The Morgan fingerprint density at radius 1 is 0.286 bits per heavy atom. The third kappa shape index (κ3) is 17.2. The van der Waals surface area contributed by atoms with Gasteiger partial charge in [-0.25, -0.2) is 0 Å². The SMILES string of the molecule is O=S(=O)([O-])[O-].O=S(=O)([O-])[O-].[Pt+4].c1ccc(P(c2ccccc2)c2ccccc2)cc1.c1ccc(P(c2ccccc2)c2ccccc2)cc1. The van der Waals surface area contributed by atoms with E-state index >= 15 is 0 Å². The summed E-state index contributed by atoms with van der Waals surface area (Å²) in [7, 11) is -11.2. The van der Waals surface area contributed by atoms with Crippen LogP contribution in [0.15, 0.2) is 182 Å². The Bertz CT molecular complexity index is 1630. The van der Waals surface area contributed by atoms with Gasteiger partial charge in [0.05, 0.1) is 0 Å². The maximum Gasteiger partial charge on any atom is 4.00 e. The summed E-state index contributed by atoms with van der Waals surface area (Å²) in [6.07, 6.45) is 0. The van der Waals surface area contributed by atoms with Crippen LogP contribution in [0.2, 0.25) is 0 Å². The molecule has 0 amide bonds. The molecular formula is C36H30O8P2PtS2. The topological polar surface area (TPSA) is 161 Å². The van der Waals surface area contributed by atoms with Crippen LogP contribution >= 0.6 is 15.8 Å². The van der Waals surface area contributed by atoms with Crippen LogP contribution in [0, 0.1) is 0 Å². The zero-order chi connectivity index (χ0) is 34.8.